The average molecular weight is 506 g/mol. The summed E-state index contributed by atoms with van der Waals surface area (Å²) in [7, 11) is 0. The van der Waals surface area contributed by atoms with E-state index in [1.165, 1.54) is 44.9 Å². The van der Waals surface area contributed by atoms with E-state index < -0.39 is 0 Å². The molecule has 1 N–H and O–H groups in total. The second-order valence-corrected chi connectivity index (χ2v) is 9.03. The lowest BCUT2D eigenvalue weighted by atomic mass is 9.80. The van der Waals surface area contributed by atoms with Crippen LogP contribution in [0.4, 0.5) is 0 Å². The third kappa shape index (κ3) is 4.95. The highest BCUT2D eigenvalue weighted by Gasteiger charge is 2.43. The van der Waals surface area contributed by atoms with Crippen LogP contribution in [0.2, 0.25) is 0 Å². The van der Waals surface area contributed by atoms with Crippen LogP contribution in [0.25, 0.3) is 0 Å². The van der Waals surface area contributed by atoms with E-state index >= 15 is 0 Å². The molecule has 0 aromatic carbocycles. The van der Waals surface area contributed by atoms with E-state index in [2.05, 4.69) is 22.0 Å². The summed E-state index contributed by atoms with van der Waals surface area (Å²) >= 11 is 0. The number of nitrogens with one attached hydrogen (secondary N) is 1. The standard InChI is InChI=1S/C21H38N4O2.HI/c1-2-22-19(24-10-8-20(17-24)9-13-27-18-20)23-16-21(6-4-3-5-7-21)25-11-14-26-15-12-25;/h2-18H2,1H3,(H,22,23);1H. The zero-order valence-electron chi connectivity index (χ0n) is 17.6. The van der Waals surface area contributed by atoms with Crippen LogP contribution in [0.3, 0.4) is 0 Å². The first-order chi connectivity index (χ1) is 13.3. The van der Waals surface area contributed by atoms with Gasteiger partial charge in [0.05, 0.1) is 26.4 Å². The number of nitrogens with zero attached hydrogens (tertiary/aromatic N) is 3. The lowest BCUT2D eigenvalue weighted by molar-refractivity contribution is -0.0334. The molecule has 3 heterocycles. The summed E-state index contributed by atoms with van der Waals surface area (Å²) in [5.74, 6) is 1.12. The molecule has 6 nitrogen and oxygen atoms in total. The number of hydrogen-bond donors (Lipinski definition) is 1. The number of halogens is 1. The summed E-state index contributed by atoms with van der Waals surface area (Å²) < 4.78 is 11.3. The van der Waals surface area contributed by atoms with Gasteiger partial charge in [-0.05, 0) is 32.6 Å². The Morgan fingerprint density at radius 3 is 2.43 bits per heavy atom. The van der Waals surface area contributed by atoms with Crippen LogP contribution in [0.15, 0.2) is 4.99 Å². The Kier molecular flexibility index (Phi) is 8.27. The molecule has 0 aromatic heterocycles. The molecule has 3 aliphatic heterocycles. The smallest absolute Gasteiger partial charge is 0.194 e. The Bertz CT molecular complexity index is 513. The van der Waals surface area contributed by atoms with Crippen LogP contribution in [0.5, 0.6) is 0 Å². The van der Waals surface area contributed by atoms with E-state index in [1.807, 2.05) is 0 Å². The van der Waals surface area contributed by atoms with Crippen molar-refractivity contribution in [2.45, 2.75) is 57.4 Å². The summed E-state index contributed by atoms with van der Waals surface area (Å²) in [5, 5.41) is 3.58. The quantitative estimate of drug-likeness (QED) is 0.361. The van der Waals surface area contributed by atoms with Crippen molar-refractivity contribution in [1.82, 2.24) is 15.1 Å². The number of likely N-dealkylation sites (tertiary alicyclic amines) is 1. The molecule has 3 saturated heterocycles. The van der Waals surface area contributed by atoms with Gasteiger partial charge in [-0.25, -0.2) is 0 Å². The predicted octanol–water partition coefficient (Wildman–Crippen LogP) is 2.72. The van der Waals surface area contributed by atoms with Crippen molar-refractivity contribution in [2.75, 3.05) is 65.7 Å². The van der Waals surface area contributed by atoms with Crippen LogP contribution in [-0.2, 0) is 9.47 Å². The van der Waals surface area contributed by atoms with Gasteiger partial charge in [0.25, 0.3) is 0 Å². The van der Waals surface area contributed by atoms with Crippen molar-refractivity contribution in [3.63, 3.8) is 0 Å². The van der Waals surface area contributed by atoms with Gasteiger partial charge < -0.3 is 19.7 Å². The lowest BCUT2D eigenvalue weighted by Gasteiger charge is -2.47. The highest BCUT2D eigenvalue weighted by molar-refractivity contribution is 14.0. The van der Waals surface area contributed by atoms with E-state index in [0.717, 1.165) is 71.7 Å². The van der Waals surface area contributed by atoms with Crippen LogP contribution in [0.1, 0.15) is 51.9 Å². The molecule has 1 aliphatic carbocycles. The van der Waals surface area contributed by atoms with Crippen molar-refractivity contribution >= 4 is 29.9 Å². The van der Waals surface area contributed by atoms with E-state index in [4.69, 9.17) is 14.5 Å². The van der Waals surface area contributed by atoms with Gasteiger partial charge >= 0.3 is 0 Å². The largest absolute Gasteiger partial charge is 0.381 e. The SMILES string of the molecule is CCNC(=NCC1(N2CCOCC2)CCCCC1)N1CCC2(CCOC2)C1.I. The average Bonchev–Trinajstić information content (AvgIpc) is 3.36. The van der Waals surface area contributed by atoms with Gasteiger partial charge in [-0.3, -0.25) is 9.89 Å². The predicted molar refractivity (Wildman–Crippen MR) is 124 cm³/mol. The fraction of sp³-hybridized carbons (Fsp3) is 0.952. The molecule has 4 rings (SSSR count). The molecule has 28 heavy (non-hydrogen) atoms. The fourth-order valence-electron chi connectivity index (χ4n) is 5.56. The normalized spacial score (nSPS) is 31.2. The maximum absolute atomic E-state index is 5.72. The minimum atomic E-state index is 0. The maximum Gasteiger partial charge on any atom is 0.194 e. The Morgan fingerprint density at radius 2 is 1.75 bits per heavy atom. The first-order valence-electron chi connectivity index (χ1n) is 11.2. The molecule has 4 aliphatic rings. The van der Waals surface area contributed by atoms with E-state index in [-0.39, 0.29) is 29.5 Å². The zero-order valence-corrected chi connectivity index (χ0v) is 19.9. The number of aliphatic imine (C=N–C) groups is 1. The molecule has 1 atom stereocenters. The number of ether oxygens (including phenoxy) is 2. The Labute approximate surface area is 187 Å². The van der Waals surface area contributed by atoms with E-state index in [0.29, 0.717) is 5.41 Å². The molecular weight excluding hydrogens is 467 g/mol. The molecule has 1 unspecified atom stereocenters. The van der Waals surface area contributed by atoms with E-state index in [9.17, 15) is 0 Å². The highest BCUT2D eigenvalue weighted by atomic mass is 127. The van der Waals surface area contributed by atoms with Crippen molar-refractivity contribution < 1.29 is 9.47 Å². The molecule has 7 heteroatoms. The van der Waals surface area contributed by atoms with Crippen molar-refractivity contribution in [2.24, 2.45) is 10.4 Å². The van der Waals surface area contributed by atoms with Gasteiger partial charge in [-0.2, -0.15) is 0 Å². The van der Waals surface area contributed by atoms with Gasteiger partial charge in [-0.15, -0.1) is 24.0 Å². The number of morpholine rings is 1. The summed E-state index contributed by atoms with van der Waals surface area (Å²) in [4.78, 5) is 10.4. The molecule has 0 aromatic rings. The monoisotopic (exact) mass is 506 g/mol. The zero-order chi connectivity index (χ0) is 18.6. The van der Waals surface area contributed by atoms with Gasteiger partial charge in [0.15, 0.2) is 5.96 Å². The van der Waals surface area contributed by atoms with Gasteiger partial charge in [0, 0.05) is 50.3 Å². The molecule has 1 saturated carbocycles. The van der Waals surface area contributed by atoms with Crippen LogP contribution in [-0.4, -0.2) is 87.0 Å². The summed E-state index contributed by atoms with van der Waals surface area (Å²) in [6.45, 7) is 12.0. The summed E-state index contributed by atoms with van der Waals surface area (Å²) in [6.07, 6.45) is 9.08. The van der Waals surface area contributed by atoms with Crippen molar-refractivity contribution in [3.05, 3.63) is 0 Å². The number of guanidine groups is 1. The van der Waals surface area contributed by atoms with E-state index in [1.54, 1.807) is 0 Å². The summed E-state index contributed by atoms with van der Waals surface area (Å²) in [5.41, 5.74) is 0.625. The van der Waals surface area contributed by atoms with Crippen LogP contribution in [0, 0.1) is 5.41 Å². The third-order valence-electron chi connectivity index (χ3n) is 7.25. The summed E-state index contributed by atoms with van der Waals surface area (Å²) in [6, 6.07) is 0. The Balaban J connectivity index is 0.00000225. The molecule has 0 bridgehead atoms. The second kappa shape index (κ2) is 10.3. The third-order valence-corrected chi connectivity index (χ3v) is 7.25. The fourth-order valence-corrected chi connectivity index (χ4v) is 5.56. The van der Waals surface area contributed by atoms with Crippen molar-refractivity contribution in [1.29, 1.82) is 0 Å². The second-order valence-electron chi connectivity index (χ2n) is 9.03. The lowest BCUT2D eigenvalue weighted by Crippen LogP contribution is -2.56. The first kappa shape index (κ1) is 22.6. The minimum absolute atomic E-state index is 0. The minimum Gasteiger partial charge on any atom is -0.381 e. The maximum atomic E-state index is 5.72. The highest BCUT2D eigenvalue weighted by Crippen LogP contribution is 2.38. The van der Waals surface area contributed by atoms with Crippen molar-refractivity contribution in [3.8, 4) is 0 Å². The first-order valence-corrected chi connectivity index (χ1v) is 11.2. The molecule has 162 valence electrons. The van der Waals surface area contributed by atoms with Gasteiger partial charge in [0.1, 0.15) is 0 Å². The molecular formula is C21H39IN4O2. The molecule has 0 radical (unpaired) electrons. The molecule has 4 fully saturated rings. The molecule has 0 amide bonds. The van der Waals surface area contributed by atoms with Crippen LogP contribution < -0.4 is 5.32 Å². The number of rotatable bonds is 4. The molecule has 1 spiro atoms. The number of hydrogen-bond acceptors (Lipinski definition) is 4. The van der Waals surface area contributed by atoms with Gasteiger partial charge in [-0.1, -0.05) is 19.3 Å². The van der Waals surface area contributed by atoms with Crippen LogP contribution >= 0.6 is 24.0 Å². The van der Waals surface area contributed by atoms with Gasteiger partial charge in [0.2, 0.25) is 0 Å². The Hall–Kier alpha value is -0.120. The topological polar surface area (TPSA) is 49.3 Å². The Morgan fingerprint density at radius 1 is 0.964 bits per heavy atom.